The van der Waals surface area contributed by atoms with Crippen molar-refractivity contribution in [3.63, 3.8) is 0 Å². The maximum Gasteiger partial charge on any atom is 0.0892 e. The number of benzene rings is 1. The second-order valence-corrected chi connectivity index (χ2v) is 9.54. The van der Waals surface area contributed by atoms with E-state index in [1.807, 2.05) is 0 Å². The highest BCUT2D eigenvalue weighted by Crippen LogP contribution is 2.38. The second kappa shape index (κ2) is 10.3. The number of hydrogen-bond donors (Lipinski definition) is 1. The highest BCUT2D eigenvalue weighted by atomic mass is 16.6. The summed E-state index contributed by atoms with van der Waals surface area (Å²) in [6, 6.07) is 8.54. The van der Waals surface area contributed by atoms with E-state index >= 15 is 0 Å². The van der Waals surface area contributed by atoms with E-state index in [0.717, 1.165) is 38.5 Å². The molecule has 1 N–H and O–H groups in total. The van der Waals surface area contributed by atoms with E-state index in [1.54, 1.807) is 0 Å². The first-order valence-electron chi connectivity index (χ1n) is 11.5. The van der Waals surface area contributed by atoms with Crippen LogP contribution in [0.3, 0.4) is 0 Å². The Bertz CT molecular complexity index is 925. The Hall–Kier alpha value is -2.06. The topological polar surface area (TPSA) is 28.3 Å². The molecule has 0 aliphatic carbocycles. The van der Waals surface area contributed by atoms with E-state index < -0.39 is 0 Å². The van der Waals surface area contributed by atoms with Crippen molar-refractivity contribution < 1.29 is 4.74 Å². The van der Waals surface area contributed by atoms with Crippen molar-refractivity contribution in [2.75, 3.05) is 0 Å². The fourth-order valence-electron chi connectivity index (χ4n) is 4.08. The van der Waals surface area contributed by atoms with Crippen LogP contribution in [0.5, 0.6) is 0 Å². The Balaban J connectivity index is 1.34. The van der Waals surface area contributed by atoms with Gasteiger partial charge in [0.25, 0.3) is 0 Å². The van der Waals surface area contributed by atoms with Crippen molar-refractivity contribution in [3.05, 3.63) is 71.0 Å². The van der Waals surface area contributed by atoms with Crippen LogP contribution in [0.25, 0.3) is 10.9 Å². The van der Waals surface area contributed by atoms with E-state index in [1.165, 1.54) is 39.6 Å². The predicted octanol–water partition coefficient (Wildman–Crippen LogP) is 8.07. The van der Waals surface area contributed by atoms with Gasteiger partial charge in [-0.1, -0.05) is 53.1 Å². The van der Waals surface area contributed by atoms with Gasteiger partial charge in [0.1, 0.15) is 0 Å². The van der Waals surface area contributed by atoms with Gasteiger partial charge in [-0.05, 0) is 91.2 Å². The lowest BCUT2D eigenvalue weighted by Crippen LogP contribution is -2.02. The number of fused-ring (bicyclic) bond motifs is 1. The lowest BCUT2D eigenvalue weighted by Gasteiger charge is -2.03. The van der Waals surface area contributed by atoms with Crippen LogP contribution in [0, 0.1) is 0 Å². The third-order valence-corrected chi connectivity index (χ3v) is 6.37. The van der Waals surface area contributed by atoms with Crippen molar-refractivity contribution in [1.82, 2.24) is 4.98 Å². The van der Waals surface area contributed by atoms with Gasteiger partial charge in [0, 0.05) is 17.1 Å². The number of H-pyrrole nitrogens is 1. The molecule has 0 radical (unpaired) electrons. The molecule has 2 aromatic rings. The zero-order chi connectivity index (χ0) is 21.6. The number of rotatable bonds is 11. The minimum absolute atomic E-state index is 0.127. The molecule has 1 atom stereocenters. The van der Waals surface area contributed by atoms with Gasteiger partial charge in [0.15, 0.2) is 0 Å². The van der Waals surface area contributed by atoms with Crippen molar-refractivity contribution in [2.45, 2.75) is 91.3 Å². The summed E-state index contributed by atoms with van der Waals surface area (Å²) in [6.07, 6.45) is 17.8. The number of aromatic nitrogens is 1. The standard InChI is InChI=1S/C28H39NO/c1-21(11-9-13-23(3)17-19-27-28(4,5)30-27)10-8-12-22(2)16-18-24-20-29-26-15-7-6-14-25(24)26/h6-7,10,13-16,20,27,29H,8-9,11-12,17-19H2,1-5H3/b21-10+,22-16+,23-13+/t27-/m1/s1. The van der Waals surface area contributed by atoms with Gasteiger partial charge in [-0.25, -0.2) is 0 Å². The summed E-state index contributed by atoms with van der Waals surface area (Å²) in [7, 11) is 0. The Kier molecular flexibility index (Phi) is 7.77. The van der Waals surface area contributed by atoms with Crippen LogP contribution in [-0.2, 0) is 11.2 Å². The van der Waals surface area contributed by atoms with Gasteiger partial charge in [0.05, 0.1) is 11.7 Å². The molecule has 1 aromatic heterocycles. The van der Waals surface area contributed by atoms with Gasteiger partial charge in [0.2, 0.25) is 0 Å². The Labute approximate surface area is 183 Å². The predicted molar refractivity (Wildman–Crippen MR) is 130 cm³/mol. The zero-order valence-corrected chi connectivity index (χ0v) is 19.6. The molecule has 0 amide bonds. The minimum Gasteiger partial charge on any atom is -0.367 e. The molecule has 30 heavy (non-hydrogen) atoms. The summed E-state index contributed by atoms with van der Waals surface area (Å²) in [5, 5.41) is 1.34. The molecule has 0 saturated carbocycles. The smallest absolute Gasteiger partial charge is 0.0892 e. The number of hydrogen-bond acceptors (Lipinski definition) is 1. The second-order valence-electron chi connectivity index (χ2n) is 9.54. The highest BCUT2D eigenvalue weighted by molar-refractivity contribution is 5.83. The summed E-state index contributed by atoms with van der Waals surface area (Å²) in [4.78, 5) is 3.37. The Morgan fingerprint density at radius 1 is 0.933 bits per heavy atom. The first-order chi connectivity index (χ1) is 14.3. The molecule has 2 heteroatoms. The summed E-state index contributed by atoms with van der Waals surface area (Å²) in [5.74, 6) is 0. The molecular formula is C28H39NO. The lowest BCUT2D eigenvalue weighted by molar-refractivity contribution is 0.320. The van der Waals surface area contributed by atoms with E-state index in [4.69, 9.17) is 4.74 Å². The third kappa shape index (κ3) is 6.74. The van der Waals surface area contributed by atoms with Crippen molar-refractivity contribution in [2.24, 2.45) is 0 Å². The molecule has 0 unspecified atom stereocenters. The minimum atomic E-state index is 0.127. The number of allylic oxidation sites excluding steroid dienone is 6. The monoisotopic (exact) mass is 405 g/mol. The molecule has 1 aliphatic heterocycles. The lowest BCUT2D eigenvalue weighted by atomic mass is 10.0. The van der Waals surface area contributed by atoms with Crippen LogP contribution in [0.15, 0.2) is 65.4 Å². The van der Waals surface area contributed by atoms with Gasteiger partial charge in [-0.3, -0.25) is 0 Å². The number of epoxide rings is 1. The first kappa shape index (κ1) is 22.6. The summed E-state index contributed by atoms with van der Waals surface area (Å²) in [6.45, 7) is 11.2. The molecule has 0 spiro atoms. The fraction of sp³-hybridized carbons (Fsp3) is 0.500. The van der Waals surface area contributed by atoms with Crippen LogP contribution in [0.1, 0.15) is 78.7 Å². The number of nitrogens with one attached hydrogen (secondary N) is 1. The number of ether oxygens (including phenoxy) is 1. The average Bonchev–Trinajstić information content (AvgIpc) is 3.13. The van der Waals surface area contributed by atoms with Crippen LogP contribution in [0.2, 0.25) is 0 Å². The Morgan fingerprint density at radius 2 is 1.53 bits per heavy atom. The van der Waals surface area contributed by atoms with E-state index in [2.05, 4.69) is 88.3 Å². The first-order valence-corrected chi connectivity index (χ1v) is 11.5. The van der Waals surface area contributed by atoms with E-state index in [-0.39, 0.29) is 5.60 Å². The molecule has 1 aromatic carbocycles. The third-order valence-electron chi connectivity index (χ3n) is 6.37. The summed E-state index contributed by atoms with van der Waals surface area (Å²) < 4.78 is 5.68. The molecule has 162 valence electrons. The molecule has 1 aliphatic rings. The largest absolute Gasteiger partial charge is 0.367 e. The van der Waals surface area contributed by atoms with E-state index in [9.17, 15) is 0 Å². The number of aromatic amines is 1. The van der Waals surface area contributed by atoms with Gasteiger partial charge >= 0.3 is 0 Å². The van der Waals surface area contributed by atoms with Crippen molar-refractivity contribution >= 4 is 10.9 Å². The van der Waals surface area contributed by atoms with Crippen molar-refractivity contribution in [3.8, 4) is 0 Å². The van der Waals surface area contributed by atoms with E-state index in [0.29, 0.717) is 6.10 Å². The molecular weight excluding hydrogens is 366 g/mol. The fourth-order valence-corrected chi connectivity index (χ4v) is 4.08. The average molecular weight is 406 g/mol. The molecule has 2 heterocycles. The van der Waals surface area contributed by atoms with Gasteiger partial charge in [-0.2, -0.15) is 0 Å². The van der Waals surface area contributed by atoms with Crippen LogP contribution in [0.4, 0.5) is 0 Å². The molecule has 3 rings (SSSR count). The van der Waals surface area contributed by atoms with Crippen LogP contribution < -0.4 is 0 Å². The SMILES string of the molecule is C/C(=C\CC/C(C)=C/Cc1c[nH]c2ccccc12)CC/C=C(\C)CC[C@H]1OC1(C)C. The Morgan fingerprint density at radius 3 is 2.20 bits per heavy atom. The quantitative estimate of drug-likeness (QED) is 0.297. The molecule has 2 nitrogen and oxygen atoms in total. The van der Waals surface area contributed by atoms with Crippen molar-refractivity contribution in [1.29, 1.82) is 0 Å². The normalized spacial score (nSPS) is 19.5. The molecule has 1 saturated heterocycles. The van der Waals surface area contributed by atoms with Crippen LogP contribution in [-0.4, -0.2) is 16.7 Å². The maximum atomic E-state index is 5.68. The maximum absolute atomic E-state index is 5.68. The zero-order valence-electron chi connectivity index (χ0n) is 19.6. The molecule has 0 bridgehead atoms. The highest BCUT2D eigenvalue weighted by Gasteiger charge is 2.46. The van der Waals surface area contributed by atoms with Crippen LogP contribution >= 0.6 is 0 Å². The molecule has 1 fully saturated rings. The summed E-state index contributed by atoms with van der Waals surface area (Å²) in [5.41, 5.74) is 7.23. The van der Waals surface area contributed by atoms with Gasteiger partial charge in [-0.15, -0.1) is 0 Å². The number of para-hydroxylation sites is 1. The summed E-state index contributed by atoms with van der Waals surface area (Å²) >= 11 is 0. The van der Waals surface area contributed by atoms with Gasteiger partial charge < -0.3 is 9.72 Å².